The molecule has 1 aliphatic carbocycles. The molecule has 2 aliphatic heterocycles. The summed E-state index contributed by atoms with van der Waals surface area (Å²) in [5.74, 6) is 0.877. The Hall–Kier alpha value is -2.19. The fraction of sp³-hybridized carbons (Fsp3) is 0.524. The van der Waals surface area contributed by atoms with Crippen LogP contribution in [0.3, 0.4) is 0 Å². The highest BCUT2D eigenvalue weighted by atomic mass is 32.2. The number of aromatic amines is 1. The Kier molecular flexibility index (Phi) is 4.51. The summed E-state index contributed by atoms with van der Waals surface area (Å²) in [4.78, 5) is 21.2. The van der Waals surface area contributed by atoms with Gasteiger partial charge in [-0.1, -0.05) is 13.0 Å². The predicted octanol–water partition coefficient (Wildman–Crippen LogP) is 3.05. The van der Waals surface area contributed by atoms with Crippen LogP contribution in [0.1, 0.15) is 51.0 Å². The van der Waals surface area contributed by atoms with E-state index < -0.39 is 10.0 Å². The number of pyridine rings is 1. The number of rotatable bonds is 7. The lowest BCUT2D eigenvalue weighted by atomic mass is 9.94. The third kappa shape index (κ3) is 3.18. The lowest BCUT2D eigenvalue weighted by Crippen LogP contribution is -2.43. The van der Waals surface area contributed by atoms with Gasteiger partial charge in [-0.2, -0.15) is 4.31 Å². The van der Waals surface area contributed by atoms with Gasteiger partial charge in [0.15, 0.2) is 0 Å². The first-order valence-corrected chi connectivity index (χ1v) is 12.1. The van der Waals surface area contributed by atoms with Crippen LogP contribution < -0.4 is 4.90 Å². The molecular weight excluding hydrogens is 388 g/mol. The number of nitrogens with zero attached hydrogens (tertiary/aromatic N) is 3. The summed E-state index contributed by atoms with van der Waals surface area (Å²) in [7, 11) is -3.22. The number of sulfonamides is 1. The van der Waals surface area contributed by atoms with E-state index in [2.05, 4.69) is 16.0 Å². The number of H-pyrrole nitrogens is 1. The Morgan fingerprint density at radius 2 is 2.14 bits per heavy atom. The number of nitrogens with one attached hydrogen (secondary N) is 1. The lowest BCUT2D eigenvalue weighted by molar-refractivity contribution is -0.107. The summed E-state index contributed by atoms with van der Waals surface area (Å²) >= 11 is 0. The highest BCUT2D eigenvalue weighted by Crippen LogP contribution is 2.42. The van der Waals surface area contributed by atoms with Crippen LogP contribution in [0, 0.1) is 0 Å². The zero-order valence-corrected chi connectivity index (χ0v) is 17.4. The van der Waals surface area contributed by atoms with Crippen molar-refractivity contribution in [3.63, 3.8) is 0 Å². The molecule has 2 aromatic heterocycles. The van der Waals surface area contributed by atoms with E-state index in [1.54, 1.807) is 9.21 Å². The van der Waals surface area contributed by atoms with E-state index in [9.17, 15) is 13.2 Å². The SMILES string of the molecule is CCCS(=O)(=O)N1C2C=C(c3cc(N(C=O)C4CC4)nc4[nH]ccc34)CC1CC2. The van der Waals surface area contributed by atoms with Gasteiger partial charge in [-0.15, -0.1) is 0 Å². The molecule has 0 aromatic carbocycles. The van der Waals surface area contributed by atoms with Gasteiger partial charge in [0.25, 0.3) is 0 Å². The van der Waals surface area contributed by atoms with Gasteiger partial charge in [0.05, 0.1) is 5.75 Å². The molecule has 2 unspecified atom stereocenters. The molecule has 2 aromatic rings. The minimum absolute atomic E-state index is 0.0211. The fourth-order valence-electron chi connectivity index (χ4n) is 4.89. The van der Waals surface area contributed by atoms with Crippen LogP contribution >= 0.6 is 0 Å². The zero-order valence-electron chi connectivity index (χ0n) is 16.5. The van der Waals surface area contributed by atoms with E-state index in [0.29, 0.717) is 18.7 Å². The van der Waals surface area contributed by atoms with E-state index in [1.165, 1.54) is 0 Å². The smallest absolute Gasteiger partial charge is 0.215 e. The molecule has 7 nitrogen and oxygen atoms in total. The first-order chi connectivity index (χ1) is 14.0. The van der Waals surface area contributed by atoms with Crippen molar-refractivity contribution in [3.8, 4) is 0 Å². The molecule has 0 spiro atoms. The summed E-state index contributed by atoms with van der Waals surface area (Å²) in [5, 5.41) is 1.02. The standard InChI is InChI=1S/C21H26N4O3S/c1-2-9-29(27,28)25-16-5-6-17(25)11-14(10-16)19-12-20(24(13-26)15-3-4-15)23-21-18(19)7-8-22-21/h7-8,10,12-13,15-17H,2-6,9,11H2,1H3,(H,22,23). The number of aromatic nitrogens is 2. The van der Waals surface area contributed by atoms with Crippen LogP contribution in [0.25, 0.3) is 16.6 Å². The molecule has 1 saturated carbocycles. The molecule has 29 heavy (non-hydrogen) atoms. The van der Waals surface area contributed by atoms with Gasteiger partial charge in [-0.3, -0.25) is 9.69 Å². The Balaban J connectivity index is 1.56. The first kappa shape index (κ1) is 18.8. The van der Waals surface area contributed by atoms with Crippen molar-refractivity contribution in [3.05, 3.63) is 30.0 Å². The number of anilines is 1. The fourth-order valence-corrected chi connectivity index (χ4v) is 6.83. The van der Waals surface area contributed by atoms with Gasteiger partial charge in [0, 0.05) is 29.7 Å². The zero-order chi connectivity index (χ0) is 20.2. The second-order valence-electron chi connectivity index (χ2n) is 8.35. The van der Waals surface area contributed by atoms with E-state index in [0.717, 1.165) is 54.3 Å². The van der Waals surface area contributed by atoms with Crippen molar-refractivity contribution in [2.45, 2.75) is 63.6 Å². The van der Waals surface area contributed by atoms with E-state index in [1.807, 2.05) is 25.3 Å². The molecule has 2 bridgehead atoms. The molecule has 8 heteroatoms. The number of carbonyl (C=O) groups excluding carboxylic acids is 1. The van der Waals surface area contributed by atoms with Crippen molar-refractivity contribution in [1.29, 1.82) is 0 Å². The van der Waals surface area contributed by atoms with Crippen LogP contribution in [-0.4, -0.2) is 53.0 Å². The average Bonchev–Trinajstić information content (AvgIpc) is 3.33. The molecule has 5 rings (SSSR count). The van der Waals surface area contributed by atoms with Crippen LogP contribution in [-0.2, 0) is 14.8 Å². The van der Waals surface area contributed by atoms with Gasteiger partial charge in [-0.25, -0.2) is 13.4 Å². The second kappa shape index (κ2) is 6.95. The molecule has 1 saturated heterocycles. The van der Waals surface area contributed by atoms with Crippen LogP contribution in [0.5, 0.6) is 0 Å². The minimum Gasteiger partial charge on any atom is -0.346 e. The number of fused-ring (bicyclic) bond motifs is 3. The quantitative estimate of drug-likeness (QED) is 0.706. The maximum absolute atomic E-state index is 12.8. The molecule has 1 N–H and O–H groups in total. The van der Waals surface area contributed by atoms with Gasteiger partial charge >= 0.3 is 0 Å². The normalized spacial score (nSPS) is 24.7. The number of amides is 1. The molecule has 4 heterocycles. The molecular formula is C21H26N4O3S. The molecule has 3 aliphatic rings. The summed E-state index contributed by atoms with van der Waals surface area (Å²) in [5.41, 5.74) is 2.98. The van der Waals surface area contributed by atoms with Crippen molar-refractivity contribution in [1.82, 2.24) is 14.3 Å². The topological polar surface area (TPSA) is 86.4 Å². The third-order valence-corrected chi connectivity index (χ3v) is 8.43. The highest BCUT2D eigenvalue weighted by molar-refractivity contribution is 7.89. The van der Waals surface area contributed by atoms with Crippen LogP contribution in [0.2, 0.25) is 0 Å². The first-order valence-electron chi connectivity index (χ1n) is 10.5. The minimum atomic E-state index is -3.22. The number of hydrogen-bond donors (Lipinski definition) is 1. The molecule has 0 radical (unpaired) electrons. The largest absolute Gasteiger partial charge is 0.346 e. The van der Waals surface area contributed by atoms with E-state index >= 15 is 0 Å². The Labute approximate surface area is 170 Å². The summed E-state index contributed by atoms with van der Waals surface area (Å²) < 4.78 is 27.3. The van der Waals surface area contributed by atoms with Crippen molar-refractivity contribution in [2.24, 2.45) is 0 Å². The molecule has 154 valence electrons. The summed E-state index contributed by atoms with van der Waals surface area (Å²) in [6.45, 7) is 1.91. The maximum atomic E-state index is 12.8. The molecule has 2 fully saturated rings. The summed E-state index contributed by atoms with van der Waals surface area (Å²) in [6, 6.07) is 4.20. The monoisotopic (exact) mass is 414 g/mol. The molecule has 1 amide bonds. The van der Waals surface area contributed by atoms with Crippen molar-refractivity contribution >= 4 is 38.9 Å². The molecule has 2 atom stereocenters. The van der Waals surface area contributed by atoms with Crippen molar-refractivity contribution in [2.75, 3.05) is 10.7 Å². The van der Waals surface area contributed by atoms with Crippen molar-refractivity contribution < 1.29 is 13.2 Å². The van der Waals surface area contributed by atoms with Gasteiger partial charge in [0.2, 0.25) is 16.4 Å². The summed E-state index contributed by atoms with van der Waals surface area (Å²) in [6.07, 6.45) is 9.98. The van der Waals surface area contributed by atoms with Gasteiger partial charge in [0.1, 0.15) is 11.5 Å². The predicted molar refractivity (Wildman–Crippen MR) is 113 cm³/mol. The number of carbonyl (C=O) groups is 1. The lowest BCUT2D eigenvalue weighted by Gasteiger charge is -2.33. The number of hydrogen-bond acceptors (Lipinski definition) is 4. The second-order valence-corrected chi connectivity index (χ2v) is 10.3. The highest BCUT2D eigenvalue weighted by Gasteiger charge is 2.43. The Morgan fingerprint density at radius 3 is 2.83 bits per heavy atom. The Bertz CT molecular complexity index is 1090. The van der Waals surface area contributed by atoms with Gasteiger partial charge in [-0.05, 0) is 61.8 Å². The average molecular weight is 415 g/mol. The van der Waals surface area contributed by atoms with E-state index in [-0.39, 0.29) is 23.9 Å². The third-order valence-electron chi connectivity index (χ3n) is 6.29. The maximum Gasteiger partial charge on any atom is 0.215 e. The Morgan fingerprint density at radius 1 is 1.31 bits per heavy atom. The van der Waals surface area contributed by atoms with Crippen LogP contribution in [0.4, 0.5) is 5.82 Å². The van der Waals surface area contributed by atoms with Crippen LogP contribution in [0.15, 0.2) is 24.4 Å². The van der Waals surface area contributed by atoms with Gasteiger partial charge < -0.3 is 4.98 Å². The van der Waals surface area contributed by atoms with E-state index in [4.69, 9.17) is 0 Å².